The fourth-order valence-corrected chi connectivity index (χ4v) is 3.49. The lowest BCUT2D eigenvalue weighted by Gasteiger charge is -2.18. The van der Waals surface area contributed by atoms with Gasteiger partial charge in [0.15, 0.2) is 11.5 Å². The largest absolute Gasteiger partial charge is 0.486 e. The second kappa shape index (κ2) is 9.57. The number of carbonyl (C=O) groups excluding carboxylic acids is 2. The molecule has 0 bridgehead atoms. The van der Waals surface area contributed by atoms with Gasteiger partial charge in [-0.3, -0.25) is 20.4 Å². The van der Waals surface area contributed by atoms with Gasteiger partial charge >= 0.3 is 0 Å². The van der Waals surface area contributed by atoms with Crippen molar-refractivity contribution in [2.24, 2.45) is 0 Å². The average molecular weight is 453 g/mol. The molecule has 1 aliphatic rings. The Morgan fingerprint density at radius 1 is 1.09 bits per heavy atom. The molecule has 3 aromatic rings. The zero-order valence-corrected chi connectivity index (χ0v) is 18.1. The number of aromatic nitrogens is 2. The van der Waals surface area contributed by atoms with E-state index in [1.807, 2.05) is 37.3 Å². The lowest BCUT2D eigenvalue weighted by Crippen LogP contribution is -2.40. The summed E-state index contributed by atoms with van der Waals surface area (Å²) in [5.74, 6) is 0.0865. The number of rotatable bonds is 5. The lowest BCUT2D eigenvalue weighted by atomic mass is 10.2. The Balaban J connectivity index is 1.36. The van der Waals surface area contributed by atoms with Crippen molar-refractivity contribution >= 4 is 29.5 Å². The first kappa shape index (κ1) is 21.5. The molecule has 8 nitrogen and oxygen atoms in total. The number of ether oxygens (including phenoxy) is 2. The summed E-state index contributed by atoms with van der Waals surface area (Å²) in [6.07, 6.45) is 2.85. The Hall–Kier alpha value is -3.78. The Kier molecular flexibility index (Phi) is 6.42. The van der Waals surface area contributed by atoms with E-state index in [1.165, 1.54) is 6.08 Å². The molecular formula is C23H21ClN4O4. The molecule has 0 saturated carbocycles. The molecule has 2 aromatic carbocycles. The molecule has 1 aromatic heterocycles. The van der Waals surface area contributed by atoms with Crippen molar-refractivity contribution < 1.29 is 19.1 Å². The van der Waals surface area contributed by atoms with Gasteiger partial charge in [-0.05, 0) is 36.8 Å². The molecule has 0 aliphatic carbocycles. The van der Waals surface area contributed by atoms with Crippen molar-refractivity contribution in [1.82, 2.24) is 20.6 Å². The molecule has 1 aliphatic heterocycles. The van der Waals surface area contributed by atoms with E-state index >= 15 is 0 Å². The molecule has 2 N–H and O–H groups in total. The van der Waals surface area contributed by atoms with Gasteiger partial charge in [-0.2, -0.15) is 5.10 Å². The van der Waals surface area contributed by atoms with Crippen molar-refractivity contribution in [3.05, 3.63) is 82.1 Å². The van der Waals surface area contributed by atoms with E-state index in [2.05, 4.69) is 16.0 Å². The molecule has 0 saturated heterocycles. The van der Waals surface area contributed by atoms with Gasteiger partial charge in [-0.15, -0.1) is 0 Å². The quantitative estimate of drug-likeness (QED) is 0.458. The van der Waals surface area contributed by atoms with Crippen LogP contribution in [-0.4, -0.2) is 34.8 Å². The van der Waals surface area contributed by atoms with E-state index in [0.717, 1.165) is 5.56 Å². The summed E-state index contributed by atoms with van der Waals surface area (Å²) in [6, 6.07) is 14.6. The number of aryl methyl sites for hydroxylation is 1. The summed E-state index contributed by atoms with van der Waals surface area (Å²) in [4.78, 5) is 24.5. The third-order valence-electron chi connectivity index (χ3n) is 4.79. The SMILES string of the molecule is Cc1nn(Cc2ccccc2)c(Cl)c1/C=C/C(=O)NNC(=O)c1ccc2c(c1)OCCO2. The van der Waals surface area contributed by atoms with Crippen LogP contribution in [0.25, 0.3) is 6.08 Å². The number of carbonyl (C=O) groups is 2. The Bertz CT molecular complexity index is 1170. The van der Waals surface area contributed by atoms with Crippen molar-refractivity contribution in [3.63, 3.8) is 0 Å². The van der Waals surface area contributed by atoms with Gasteiger partial charge in [0.2, 0.25) is 0 Å². The van der Waals surface area contributed by atoms with E-state index in [9.17, 15) is 9.59 Å². The number of hydrogen-bond acceptors (Lipinski definition) is 5. The maximum Gasteiger partial charge on any atom is 0.269 e. The fourth-order valence-electron chi connectivity index (χ4n) is 3.19. The monoisotopic (exact) mass is 452 g/mol. The fraction of sp³-hybridized carbons (Fsp3) is 0.174. The van der Waals surface area contributed by atoms with Gasteiger partial charge in [0.05, 0.1) is 12.2 Å². The molecule has 4 rings (SSSR count). The molecule has 0 spiro atoms. The topological polar surface area (TPSA) is 94.5 Å². The minimum Gasteiger partial charge on any atom is -0.486 e. The number of hydrogen-bond donors (Lipinski definition) is 2. The van der Waals surface area contributed by atoms with E-state index in [4.69, 9.17) is 21.1 Å². The highest BCUT2D eigenvalue weighted by atomic mass is 35.5. The minimum absolute atomic E-state index is 0.333. The van der Waals surface area contributed by atoms with Crippen LogP contribution in [-0.2, 0) is 11.3 Å². The van der Waals surface area contributed by atoms with Crippen LogP contribution in [0.2, 0.25) is 5.15 Å². The molecule has 2 heterocycles. The van der Waals surface area contributed by atoms with Crippen LogP contribution in [0.5, 0.6) is 11.5 Å². The molecule has 32 heavy (non-hydrogen) atoms. The van der Waals surface area contributed by atoms with Gasteiger partial charge in [-0.1, -0.05) is 41.9 Å². The first-order valence-electron chi connectivity index (χ1n) is 9.96. The number of nitrogens with one attached hydrogen (secondary N) is 2. The number of benzene rings is 2. The van der Waals surface area contributed by atoms with E-state index in [-0.39, 0.29) is 0 Å². The molecule has 2 amide bonds. The summed E-state index contributed by atoms with van der Waals surface area (Å²) in [5.41, 5.74) is 7.44. The number of nitrogens with zero attached hydrogens (tertiary/aromatic N) is 2. The van der Waals surface area contributed by atoms with Crippen LogP contribution in [0.1, 0.15) is 27.2 Å². The second-order valence-corrected chi connectivity index (χ2v) is 7.43. The van der Waals surface area contributed by atoms with Gasteiger partial charge in [0.25, 0.3) is 11.8 Å². The third kappa shape index (κ3) is 4.92. The summed E-state index contributed by atoms with van der Waals surface area (Å²) in [7, 11) is 0. The zero-order valence-electron chi connectivity index (χ0n) is 17.3. The number of halogens is 1. The summed E-state index contributed by atoms with van der Waals surface area (Å²) >= 11 is 6.45. The van der Waals surface area contributed by atoms with Crippen molar-refractivity contribution in [2.45, 2.75) is 13.5 Å². The highest BCUT2D eigenvalue weighted by Gasteiger charge is 2.15. The Morgan fingerprint density at radius 2 is 1.84 bits per heavy atom. The maximum absolute atomic E-state index is 12.3. The predicted molar refractivity (Wildman–Crippen MR) is 120 cm³/mol. The predicted octanol–water partition coefficient (Wildman–Crippen LogP) is 3.14. The summed E-state index contributed by atoms with van der Waals surface area (Å²) in [6.45, 7) is 3.22. The summed E-state index contributed by atoms with van der Waals surface area (Å²) < 4.78 is 12.6. The normalized spacial score (nSPS) is 12.6. The Labute approximate surface area is 189 Å². The molecular weight excluding hydrogens is 432 g/mol. The molecule has 164 valence electrons. The smallest absolute Gasteiger partial charge is 0.269 e. The third-order valence-corrected chi connectivity index (χ3v) is 5.19. The number of hydrazine groups is 1. The number of amides is 2. The highest BCUT2D eigenvalue weighted by molar-refractivity contribution is 6.31. The molecule has 9 heteroatoms. The maximum atomic E-state index is 12.3. The summed E-state index contributed by atoms with van der Waals surface area (Å²) in [5, 5.41) is 4.87. The van der Waals surface area contributed by atoms with Crippen LogP contribution < -0.4 is 20.3 Å². The Morgan fingerprint density at radius 3 is 2.62 bits per heavy atom. The lowest BCUT2D eigenvalue weighted by molar-refractivity contribution is -0.117. The molecule has 0 unspecified atom stereocenters. The average Bonchev–Trinajstić information content (AvgIpc) is 3.08. The van der Waals surface area contributed by atoms with Gasteiger partial charge in [-0.25, -0.2) is 4.68 Å². The minimum atomic E-state index is -0.512. The molecule has 0 radical (unpaired) electrons. The van der Waals surface area contributed by atoms with Crippen LogP contribution in [0.3, 0.4) is 0 Å². The van der Waals surface area contributed by atoms with Crippen LogP contribution in [0.15, 0.2) is 54.6 Å². The van der Waals surface area contributed by atoms with Crippen LogP contribution in [0, 0.1) is 6.92 Å². The van der Waals surface area contributed by atoms with Crippen molar-refractivity contribution in [1.29, 1.82) is 0 Å². The van der Waals surface area contributed by atoms with E-state index in [1.54, 1.807) is 29.0 Å². The number of fused-ring (bicyclic) bond motifs is 1. The first-order valence-corrected chi connectivity index (χ1v) is 10.3. The van der Waals surface area contributed by atoms with Gasteiger partial charge < -0.3 is 9.47 Å². The second-order valence-electron chi connectivity index (χ2n) is 7.07. The van der Waals surface area contributed by atoms with Crippen molar-refractivity contribution in [3.8, 4) is 11.5 Å². The van der Waals surface area contributed by atoms with E-state index < -0.39 is 11.8 Å². The molecule has 0 fully saturated rings. The molecule has 0 atom stereocenters. The standard InChI is InChI=1S/C23H21ClN4O4/c1-15-18(22(24)28(27-15)14-16-5-3-2-4-6-16)8-10-21(29)25-26-23(30)17-7-9-19-20(13-17)32-12-11-31-19/h2-10,13H,11-12,14H2,1H3,(H,25,29)(H,26,30)/b10-8+. The highest BCUT2D eigenvalue weighted by Crippen LogP contribution is 2.30. The van der Waals surface area contributed by atoms with Gasteiger partial charge in [0.1, 0.15) is 18.4 Å². The first-order chi connectivity index (χ1) is 15.5. The zero-order chi connectivity index (χ0) is 22.5. The van der Waals surface area contributed by atoms with Crippen LogP contribution >= 0.6 is 11.6 Å². The van der Waals surface area contributed by atoms with Crippen LogP contribution in [0.4, 0.5) is 0 Å². The van der Waals surface area contributed by atoms with Crippen molar-refractivity contribution in [2.75, 3.05) is 13.2 Å². The van der Waals surface area contributed by atoms with E-state index in [0.29, 0.717) is 53.2 Å². The van der Waals surface area contributed by atoms with Gasteiger partial charge in [0, 0.05) is 17.2 Å².